The number of rotatable bonds is 7. The van der Waals surface area contributed by atoms with Crippen molar-refractivity contribution in [3.63, 3.8) is 0 Å². The molecule has 2 atom stereocenters. The molecule has 0 spiro atoms. The van der Waals surface area contributed by atoms with Gasteiger partial charge in [-0.3, -0.25) is 14.4 Å². The molecule has 5 nitrogen and oxygen atoms in total. The summed E-state index contributed by atoms with van der Waals surface area (Å²) in [5, 5.41) is 2.78. The molecule has 5 heteroatoms. The highest BCUT2D eigenvalue weighted by molar-refractivity contribution is 5.99. The Bertz CT molecular complexity index is 592. The van der Waals surface area contributed by atoms with Crippen LogP contribution in [0.3, 0.4) is 0 Å². The molecule has 0 aliphatic heterocycles. The molecule has 1 N–H and O–H groups in total. The Balaban J connectivity index is 1.82. The van der Waals surface area contributed by atoms with Crippen LogP contribution in [0.5, 0.6) is 0 Å². The van der Waals surface area contributed by atoms with Crippen LogP contribution in [-0.2, 0) is 14.3 Å². The smallest absolute Gasteiger partial charge is 0.309 e. The van der Waals surface area contributed by atoms with E-state index in [4.69, 9.17) is 4.74 Å². The number of anilines is 1. The first-order chi connectivity index (χ1) is 10.9. The maximum absolute atomic E-state index is 12.0. The third-order valence-electron chi connectivity index (χ3n) is 3.84. The number of nitrogens with one attached hydrogen (secondary N) is 1. The van der Waals surface area contributed by atoms with Gasteiger partial charge in [0.1, 0.15) is 0 Å². The van der Waals surface area contributed by atoms with Crippen LogP contribution in [0.2, 0.25) is 0 Å². The molecule has 1 aliphatic carbocycles. The first kappa shape index (κ1) is 17.2. The Morgan fingerprint density at radius 2 is 1.83 bits per heavy atom. The second-order valence-corrected chi connectivity index (χ2v) is 6.57. The average molecular weight is 317 g/mol. The topological polar surface area (TPSA) is 72.5 Å². The molecule has 0 saturated heterocycles. The number of carbonyl (C=O) groups excluding carboxylic acids is 3. The molecule has 1 aliphatic rings. The predicted molar refractivity (Wildman–Crippen MR) is 87.1 cm³/mol. The predicted octanol–water partition coefficient (Wildman–Crippen LogP) is 3.05. The first-order valence-corrected chi connectivity index (χ1v) is 7.96. The number of Topliss-reactive ketones (excluding diaryl/α,β-unsaturated/α-hetero) is 1. The summed E-state index contributed by atoms with van der Waals surface area (Å²) in [6.45, 7) is 5.71. The average Bonchev–Trinajstić information content (AvgIpc) is 3.21. The van der Waals surface area contributed by atoms with Crippen molar-refractivity contribution >= 4 is 23.3 Å². The van der Waals surface area contributed by atoms with Crippen molar-refractivity contribution in [2.45, 2.75) is 33.6 Å². The molecule has 0 radical (unpaired) electrons. The van der Waals surface area contributed by atoms with Gasteiger partial charge in [-0.05, 0) is 42.5 Å². The Hall–Kier alpha value is -2.17. The van der Waals surface area contributed by atoms with Crippen molar-refractivity contribution in [3.05, 3.63) is 29.8 Å². The SMILES string of the molecule is CC(C)CC(=O)Nc1ccc(C(=O)COC(=O)[C@H]2C[C@@H]2C)cc1. The van der Waals surface area contributed by atoms with Crippen molar-refractivity contribution < 1.29 is 19.1 Å². The van der Waals surface area contributed by atoms with Gasteiger partial charge in [0.15, 0.2) is 12.4 Å². The third-order valence-corrected chi connectivity index (χ3v) is 3.84. The summed E-state index contributed by atoms with van der Waals surface area (Å²) in [7, 11) is 0. The van der Waals surface area contributed by atoms with E-state index >= 15 is 0 Å². The van der Waals surface area contributed by atoms with Gasteiger partial charge in [-0.1, -0.05) is 20.8 Å². The van der Waals surface area contributed by atoms with Crippen LogP contribution in [0.15, 0.2) is 24.3 Å². The molecule has 1 saturated carbocycles. The number of amides is 1. The van der Waals surface area contributed by atoms with E-state index < -0.39 is 0 Å². The zero-order chi connectivity index (χ0) is 17.0. The monoisotopic (exact) mass is 317 g/mol. The quantitative estimate of drug-likeness (QED) is 0.619. The maximum Gasteiger partial charge on any atom is 0.309 e. The highest BCUT2D eigenvalue weighted by atomic mass is 16.5. The van der Waals surface area contributed by atoms with E-state index in [1.165, 1.54) is 0 Å². The Labute approximate surface area is 136 Å². The summed E-state index contributed by atoms with van der Waals surface area (Å²) >= 11 is 0. The van der Waals surface area contributed by atoms with Gasteiger partial charge in [0, 0.05) is 17.7 Å². The minimum Gasteiger partial charge on any atom is -0.457 e. The van der Waals surface area contributed by atoms with E-state index in [9.17, 15) is 14.4 Å². The molecule has 0 bridgehead atoms. The Morgan fingerprint density at radius 3 is 2.35 bits per heavy atom. The fraction of sp³-hybridized carbons (Fsp3) is 0.500. The second-order valence-electron chi connectivity index (χ2n) is 6.57. The van der Waals surface area contributed by atoms with Crippen LogP contribution in [-0.4, -0.2) is 24.3 Å². The third kappa shape index (κ3) is 5.20. The highest BCUT2D eigenvalue weighted by Gasteiger charge is 2.40. The van der Waals surface area contributed by atoms with E-state index in [0.717, 1.165) is 6.42 Å². The fourth-order valence-electron chi connectivity index (χ4n) is 2.30. The lowest BCUT2D eigenvalue weighted by Gasteiger charge is -2.08. The molecule has 1 aromatic carbocycles. The zero-order valence-corrected chi connectivity index (χ0v) is 13.8. The lowest BCUT2D eigenvalue weighted by molar-refractivity contribution is -0.144. The van der Waals surface area contributed by atoms with E-state index in [1.807, 2.05) is 20.8 Å². The molecule has 1 aromatic rings. The molecule has 124 valence electrons. The Morgan fingerprint density at radius 1 is 1.22 bits per heavy atom. The summed E-state index contributed by atoms with van der Waals surface area (Å²) in [5.74, 6) is 0.0362. The summed E-state index contributed by atoms with van der Waals surface area (Å²) in [6.07, 6.45) is 1.30. The lowest BCUT2D eigenvalue weighted by atomic mass is 10.1. The van der Waals surface area contributed by atoms with Gasteiger partial charge in [0.05, 0.1) is 5.92 Å². The summed E-state index contributed by atoms with van der Waals surface area (Å²) in [5.41, 5.74) is 1.11. The maximum atomic E-state index is 12.0. The summed E-state index contributed by atoms with van der Waals surface area (Å²) < 4.78 is 5.03. The molecule has 1 amide bonds. The zero-order valence-electron chi connectivity index (χ0n) is 13.8. The van der Waals surface area contributed by atoms with Crippen molar-refractivity contribution in [1.82, 2.24) is 0 Å². The minimum atomic E-state index is -0.289. The highest BCUT2D eigenvalue weighted by Crippen LogP contribution is 2.38. The summed E-state index contributed by atoms with van der Waals surface area (Å²) in [6, 6.07) is 6.61. The van der Waals surface area contributed by atoms with Crippen LogP contribution in [0.4, 0.5) is 5.69 Å². The van der Waals surface area contributed by atoms with Gasteiger partial charge in [0.2, 0.25) is 5.91 Å². The summed E-state index contributed by atoms with van der Waals surface area (Å²) in [4.78, 5) is 35.3. The van der Waals surface area contributed by atoms with Gasteiger partial charge in [-0.2, -0.15) is 0 Å². The van der Waals surface area contributed by atoms with Crippen LogP contribution in [0.1, 0.15) is 44.0 Å². The number of carbonyl (C=O) groups is 3. The van der Waals surface area contributed by atoms with Gasteiger partial charge in [-0.25, -0.2) is 0 Å². The number of benzene rings is 1. The van der Waals surface area contributed by atoms with E-state index in [1.54, 1.807) is 24.3 Å². The van der Waals surface area contributed by atoms with Crippen molar-refractivity contribution in [1.29, 1.82) is 0 Å². The number of hydrogen-bond donors (Lipinski definition) is 1. The molecule has 23 heavy (non-hydrogen) atoms. The van der Waals surface area contributed by atoms with E-state index in [0.29, 0.717) is 29.5 Å². The molecule has 0 unspecified atom stereocenters. The second kappa shape index (κ2) is 7.40. The molecule has 0 aromatic heterocycles. The van der Waals surface area contributed by atoms with Crippen molar-refractivity contribution in [2.75, 3.05) is 11.9 Å². The van der Waals surface area contributed by atoms with Gasteiger partial charge < -0.3 is 10.1 Å². The normalized spacial score (nSPS) is 19.3. The first-order valence-electron chi connectivity index (χ1n) is 7.96. The van der Waals surface area contributed by atoms with Crippen molar-refractivity contribution in [3.8, 4) is 0 Å². The molecule has 2 rings (SSSR count). The van der Waals surface area contributed by atoms with Gasteiger partial charge in [0.25, 0.3) is 0 Å². The standard InChI is InChI=1S/C18H23NO4/c1-11(2)8-17(21)19-14-6-4-13(5-7-14)16(20)10-23-18(22)15-9-12(15)3/h4-7,11-12,15H,8-10H2,1-3H3,(H,19,21)/t12-,15-/m0/s1. The number of hydrogen-bond acceptors (Lipinski definition) is 4. The largest absolute Gasteiger partial charge is 0.457 e. The van der Waals surface area contributed by atoms with E-state index in [2.05, 4.69) is 5.32 Å². The lowest BCUT2D eigenvalue weighted by Crippen LogP contribution is -2.16. The van der Waals surface area contributed by atoms with Crippen LogP contribution in [0, 0.1) is 17.8 Å². The van der Waals surface area contributed by atoms with Crippen LogP contribution < -0.4 is 5.32 Å². The van der Waals surface area contributed by atoms with Gasteiger partial charge >= 0.3 is 5.97 Å². The minimum absolute atomic E-state index is 0.0404. The van der Waals surface area contributed by atoms with Crippen LogP contribution in [0.25, 0.3) is 0 Å². The molecular formula is C18H23NO4. The fourth-order valence-corrected chi connectivity index (χ4v) is 2.30. The van der Waals surface area contributed by atoms with E-state index in [-0.39, 0.29) is 30.2 Å². The van der Waals surface area contributed by atoms with Crippen molar-refractivity contribution in [2.24, 2.45) is 17.8 Å². The molecule has 1 fully saturated rings. The van der Waals surface area contributed by atoms with Crippen LogP contribution >= 0.6 is 0 Å². The number of ketones is 1. The molecule has 0 heterocycles. The van der Waals surface area contributed by atoms with Gasteiger partial charge in [-0.15, -0.1) is 0 Å². The molecular weight excluding hydrogens is 294 g/mol. The number of esters is 1. The Kier molecular flexibility index (Phi) is 5.53. The number of ether oxygens (including phenoxy) is 1.